The van der Waals surface area contributed by atoms with E-state index < -0.39 is 0 Å². The Morgan fingerprint density at radius 2 is 1.94 bits per heavy atom. The highest BCUT2D eigenvalue weighted by atomic mass is 32.1. The SMILES string of the molecule is Cc1ccc([C@@H]2NC(=S)NN2c2ccccc2)s1. The third-order valence-electron chi connectivity index (χ3n) is 2.81. The molecule has 1 aromatic heterocycles. The average Bonchev–Trinajstić information content (AvgIpc) is 2.96. The monoisotopic (exact) mass is 275 g/mol. The number of thiocarbonyl (C=S) groups is 1. The lowest BCUT2D eigenvalue weighted by atomic mass is 10.3. The number of benzene rings is 1. The molecule has 2 N–H and O–H groups in total. The minimum Gasteiger partial charge on any atom is -0.335 e. The minimum absolute atomic E-state index is 0.0681. The first-order chi connectivity index (χ1) is 8.74. The second-order valence-corrected chi connectivity index (χ2v) is 5.87. The van der Waals surface area contributed by atoms with Crippen molar-refractivity contribution >= 4 is 34.4 Å². The Balaban J connectivity index is 1.95. The summed E-state index contributed by atoms with van der Waals surface area (Å²) < 4.78 is 0. The zero-order chi connectivity index (χ0) is 12.5. The smallest absolute Gasteiger partial charge is 0.187 e. The maximum absolute atomic E-state index is 5.22. The van der Waals surface area contributed by atoms with E-state index in [-0.39, 0.29) is 6.17 Å². The van der Waals surface area contributed by atoms with Crippen LogP contribution in [0.5, 0.6) is 0 Å². The third-order valence-corrected chi connectivity index (χ3v) is 4.08. The number of thiophene rings is 1. The molecule has 18 heavy (non-hydrogen) atoms. The van der Waals surface area contributed by atoms with Crippen molar-refractivity contribution in [3.05, 3.63) is 52.2 Å². The molecule has 0 unspecified atom stereocenters. The van der Waals surface area contributed by atoms with Gasteiger partial charge in [-0.3, -0.25) is 10.4 Å². The fraction of sp³-hybridized carbons (Fsp3) is 0.154. The summed E-state index contributed by atoms with van der Waals surface area (Å²) in [5.41, 5.74) is 4.29. The second-order valence-electron chi connectivity index (χ2n) is 4.14. The molecule has 0 bridgehead atoms. The van der Waals surface area contributed by atoms with Crippen LogP contribution >= 0.6 is 23.6 Å². The predicted octanol–water partition coefficient (Wildman–Crippen LogP) is 2.95. The van der Waals surface area contributed by atoms with Crippen LogP contribution in [0.3, 0.4) is 0 Å². The van der Waals surface area contributed by atoms with E-state index in [2.05, 4.69) is 46.9 Å². The van der Waals surface area contributed by atoms with Crippen LogP contribution in [0.25, 0.3) is 0 Å². The van der Waals surface area contributed by atoms with Gasteiger partial charge in [0.2, 0.25) is 0 Å². The maximum atomic E-state index is 5.22. The highest BCUT2D eigenvalue weighted by molar-refractivity contribution is 7.80. The van der Waals surface area contributed by atoms with Crippen molar-refractivity contribution in [3.8, 4) is 0 Å². The van der Waals surface area contributed by atoms with Crippen molar-refractivity contribution in [2.45, 2.75) is 13.1 Å². The quantitative estimate of drug-likeness (QED) is 0.824. The van der Waals surface area contributed by atoms with Crippen LogP contribution in [0.15, 0.2) is 42.5 Å². The fourth-order valence-corrected chi connectivity index (χ4v) is 3.13. The fourth-order valence-electron chi connectivity index (χ4n) is 2.00. The van der Waals surface area contributed by atoms with E-state index in [1.165, 1.54) is 9.75 Å². The summed E-state index contributed by atoms with van der Waals surface area (Å²) in [6.45, 7) is 2.11. The van der Waals surface area contributed by atoms with Crippen molar-refractivity contribution < 1.29 is 0 Å². The Morgan fingerprint density at radius 3 is 2.61 bits per heavy atom. The summed E-state index contributed by atoms with van der Waals surface area (Å²) in [4.78, 5) is 2.56. The molecule has 1 aliphatic rings. The van der Waals surface area contributed by atoms with Crippen molar-refractivity contribution in [3.63, 3.8) is 0 Å². The van der Waals surface area contributed by atoms with Crippen LogP contribution in [-0.4, -0.2) is 5.11 Å². The van der Waals surface area contributed by atoms with Gasteiger partial charge in [0, 0.05) is 9.75 Å². The van der Waals surface area contributed by atoms with Crippen molar-refractivity contribution in [1.29, 1.82) is 0 Å². The zero-order valence-corrected chi connectivity index (χ0v) is 11.5. The zero-order valence-electron chi connectivity index (χ0n) is 9.88. The van der Waals surface area contributed by atoms with E-state index in [9.17, 15) is 0 Å². The molecule has 1 fully saturated rings. The summed E-state index contributed by atoms with van der Waals surface area (Å²) in [5, 5.41) is 6.01. The second kappa shape index (κ2) is 4.59. The van der Waals surface area contributed by atoms with Gasteiger partial charge < -0.3 is 5.32 Å². The lowest BCUT2D eigenvalue weighted by molar-refractivity contribution is 0.654. The number of hydrazine groups is 1. The van der Waals surface area contributed by atoms with Crippen molar-refractivity contribution in [2.75, 3.05) is 5.01 Å². The number of anilines is 1. The van der Waals surface area contributed by atoms with Gasteiger partial charge in [0.15, 0.2) is 11.3 Å². The Labute approximate surface area is 115 Å². The standard InChI is InChI=1S/C13H13N3S2/c1-9-7-8-11(18-9)12-14-13(17)15-16(12)10-5-3-2-4-6-10/h2-8,12H,1H3,(H2,14,15,17)/t12-/m1/s1. The number of hydrogen-bond acceptors (Lipinski definition) is 3. The molecule has 0 aliphatic carbocycles. The minimum atomic E-state index is 0.0681. The van der Waals surface area contributed by atoms with E-state index in [1.807, 2.05) is 18.2 Å². The summed E-state index contributed by atoms with van der Waals surface area (Å²) in [6, 6.07) is 14.5. The third kappa shape index (κ3) is 2.07. The van der Waals surface area contributed by atoms with E-state index in [4.69, 9.17) is 12.2 Å². The van der Waals surface area contributed by atoms with Crippen LogP contribution in [0.4, 0.5) is 5.69 Å². The molecule has 0 saturated carbocycles. The highest BCUT2D eigenvalue weighted by Gasteiger charge is 2.29. The Kier molecular flexibility index (Phi) is 2.93. The van der Waals surface area contributed by atoms with Gasteiger partial charge in [0.1, 0.15) is 0 Å². The molecule has 0 radical (unpaired) electrons. The molecule has 0 spiro atoms. The molecule has 3 nitrogen and oxygen atoms in total. The maximum Gasteiger partial charge on any atom is 0.187 e. The highest BCUT2D eigenvalue weighted by Crippen LogP contribution is 2.30. The van der Waals surface area contributed by atoms with Crippen LogP contribution in [0.1, 0.15) is 15.9 Å². The van der Waals surface area contributed by atoms with Gasteiger partial charge in [-0.2, -0.15) is 0 Å². The van der Waals surface area contributed by atoms with Crippen molar-refractivity contribution in [1.82, 2.24) is 10.7 Å². The average molecular weight is 275 g/mol. The molecular weight excluding hydrogens is 262 g/mol. The van der Waals surface area contributed by atoms with E-state index in [0.717, 1.165) is 5.69 Å². The first-order valence-electron chi connectivity index (χ1n) is 5.72. The van der Waals surface area contributed by atoms with Crippen LogP contribution in [0, 0.1) is 6.92 Å². The summed E-state index contributed by atoms with van der Waals surface area (Å²) in [6.07, 6.45) is 0.0681. The number of rotatable bonds is 2. The van der Waals surface area contributed by atoms with Gasteiger partial charge in [-0.1, -0.05) is 18.2 Å². The van der Waals surface area contributed by atoms with Crippen LogP contribution in [-0.2, 0) is 0 Å². The molecule has 5 heteroatoms. The van der Waals surface area contributed by atoms with Gasteiger partial charge >= 0.3 is 0 Å². The Hall–Kier alpha value is -1.59. The molecule has 2 heterocycles. The van der Waals surface area contributed by atoms with Gasteiger partial charge in [0.05, 0.1) is 5.69 Å². The van der Waals surface area contributed by atoms with Crippen molar-refractivity contribution in [2.24, 2.45) is 0 Å². The van der Waals surface area contributed by atoms with Crippen LogP contribution in [0.2, 0.25) is 0 Å². The molecule has 1 aromatic carbocycles. The van der Waals surface area contributed by atoms with Gasteiger partial charge in [-0.25, -0.2) is 0 Å². The lowest BCUT2D eigenvalue weighted by Gasteiger charge is -2.23. The molecule has 0 amide bonds. The molecule has 1 atom stereocenters. The summed E-state index contributed by atoms with van der Waals surface area (Å²) >= 11 is 7.00. The Morgan fingerprint density at radius 1 is 1.17 bits per heavy atom. The molecule has 92 valence electrons. The van der Waals surface area contributed by atoms with E-state index in [0.29, 0.717) is 5.11 Å². The molecule has 1 aliphatic heterocycles. The molecular formula is C13H13N3S2. The Bertz CT molecular complexity index is 565. The number of hydrogen-bond donors (Lipinski definition) is 2. The van der Waals surface area contributed by atoms with E-state index in [1.54, 1.807) is 11.3 Å². The number of aryl methyl sites for hydroxylation is 1. The van der Waals surface area contributed by atoms with E-state index >= 15 is 0 Å². The van der Waals surface area contributed by atoms with Gasteiger partial charge in [-0.15, -0.1) is 11.3 Å². The number of para-hydroxylation sites is 1. The van der Waals surface area contributed by atoms with Gasteiger partial charge in [0.25, 0.3) is 0 Å². The summed E-state index contributed by atoms with van der Waals surface area (Å²) in [5.74, 6) is 0. The molecule has 3 rings (SSSR count). The first-order valence-corrected chi connectivity index (χ1v) is 6.94. The van der Waals surface area contributed by atoms with Gasteiger partial charge in [-0.05, 0) is 43.4 Å². The first kappa shape index (κ1) is 11.5. The normalized spacial score (nSPS) is 18.6. The van der Waals surface area contributed by atoms with Crippen LogP contribution < -0.4 is 15.8 Å². The molecule has 2 aromatic rings. The molecule has 1 saturated heterocycles. The topological polar surface area (TPSA) is 27.3 Å². The largest absolute Gasteiger partial charge is 0.335 e. The number of nitrogens with zero attached hydrogens (tertiary/aromatic N) is 1. The number of nitrogens with one attached hydrogen (secondary N) is 2. The lowest BCUT2D eigenvalue weighted by Crippen LogP contribution is -2.33. The predicted molar refractivity (Wildman–Crippen MR) is 79.6 cm³/mol. The summed E-state index contributed by atoms with van der Waals surface area (Å²) in [7, 11) is 0.